The Balaban J connectivity index is 2.16. The van der Waals surface area contributed by atoms with Gasteiger partial charge in [0.25, 0.3) is 0 Å². The van der Waals surface area contributed by atoms with Gasteiger partial charge in [0.05, 0.1) is 23.4 Å². The van der Waals surface area contributed by atoms with Crippen molar-refractivity contribution in [2.24, 2.45) is 5.92 Å². The Hall–Kier alpha value is -1.40. The van der Waals surface area contributed by atoms with Crippen LogP contribution >= 0.6 is 15.9 Å². The predicted molar refractivity (Wildman–Crippen MR) is 80.4 cm³/mol. The molecular weight excluding hydrogens is 324 g/mol. The number of aliphatic hydroxyl groups excluding tert-OH is 1. The van der Waals surface area contributed by atoms with Crippen molar-refractivity contribution in [3.63, 3.8) is 0 Å². The van der Waals surface area contributed by atoms with Crippen LogP contribution in [0.3, 0.4) is 0 Å². The second kappa shape index (κ2) is 6.37. The fourth-order valence-electron chi connectivity index (χ4n) is 2.39. The average Bonchev–Trinajstić information content (AvgIpc) is 2.78. The van der Waals surface area contributed by atoms with Gasteiger partial charge >= 0.3 is 0 Å². The average molecular weight is 341 g/mol. The molecule has 1 aliphatic rings. The van der Waals surface area contributed by atoms with E-state index in [2.05, 4.69) is 26.6 Å². The molecule has 0 aliphatic heterocycles. The molecule has 1 saturated carbocycles. The normalized spacial score (nSPS) is 21.6. The van der Waals surface area contributed by atoms with Crippen LogP contribution in [-0.4, -0.2) is 23.0 Å². The Kier molecular flexibility index (Phi) is 4.77. The molecule has 20 heavy (non-hydrogen) atoms. The molecule has 2 amide bonds. The van der Waals surface area contributed by atoms with E-state index in [-0.39, 0.29) is 17.7 Å². The van der Waals surface area contributed by atoms with E-state index >= 15 is 0 Å². The summed E-state index contributed by atoms with van der Waals surface area (Å²) in [5, 5.41) is 15.2. The summed E-state index contributed by atoms with van der Waals surface area (Å²) in [5.41, 5.74) is 1.07. The van der Waals surface area contributed by atoms with Crippen molar-refractivity contribution < 1.29 is 14.7 Å². The summed E-state index contributed by atoms with van der Waals surface area (Å²) in [5.74, 6) is -0.789. The molecule has 6 heteroatoms. The number of hydrogen-bond acceptors (Lipinski definition) is 3. The zero-order valence-electron chi connectivity index (χ0n) is 11.1. The summed E-state index contributed by atoms with van der Waals surface area (Å²) in [7, 11) is 0. The van der Waals surface area contributed by atoms with Crippen LogP contribution in [0.4, 0.5) is 11.4 Å². The van der Waals surface area contributed by atoms with Gasteiger partial charge in [0.1, 0.15) is 0 Å². The van der Waals surface area contributed by atoms with Gasteiger partial charge < -0.3 is 15.7 Å². The quantitative estimate of drug-likeness (QED) is 0.790. The molecule has 0 aromatic heterocycles. The van der Waals surface area contributed by atoms with Gasteiger partial charge in [-0.2, -0.15) is 0 Å². The highest BCUT2D eigenvalue weighted by Gasteiger charge is 2.31. The summed E-state index contributed by atoms with van der Waals surface area (Å²) >= 11 is 3.33. The SMILES string of the molecule is CC(=O)Nc1ccc(Br)cc1NC(=O)C1CCCC1O. The van der Waals surface area contributed by atoms with Gasteiger partial charge in [-0.05, 0) is 37.5 Å². The highest BCUT2D eigenvalue weighted by atomic mass is 79.9. The highest BCUT2D eigenvalue weighted by molar-refractivity contribution is 9.10. The maximum Gasteiger partial charge on any atom is 0.230 e. The molecule has 0 bridgehead atoms. The van der Waals surface area contributed by atoms with Gasteiger partial charge in [0.15, 0.2) is 0 Å². The molecule has 0 heterocycles. The number of carbonyl (C=O) groups is 2. The maximum atomic E-state index is 12.2. The number of benzene rings is 1. The van der Waals surface area contributed by atoms with Crippen molar-refractivity contribution in [3.05, 3.63) is 22.7 Å². The van der Waals surface area contributed by atoms with Gasteiger partial charge in [-0.3, -0.25) is 9.59 Å². The summed E-state index contributed by atoms with van der Waals surface area (Å²) in [6.45, 7) is 1.41. The number of anilines is 2. The van der Waals surface area contributed by atoms with Crippen molar-refractivity contribution in [2.45, 2.75) is 32.3 Å². The number of rotatable bonds is 3. The first kappa shape index (κ1) is 15.0. The van der Waals surface area contributed by atoms with Gasteiger partial charge in [-0.25, -0.2) is 0 Å². The molecular formula is C14H17BrN2O3. The van der Waals surface area contributed by atoms with Crippen LogP contribution in [0, 0.1) is 5.92 Å². The number of nitrogens with one attached hydrogen (secondary N) is 2. The lowest BCUT2D eigenvalue weighted by molar-refractivity contribution is -0.122. The predicted octanol–water partition coefficient (Wildman–Crippen LogP) is 2.51. The van der Waals surface area contributed by atoms with Crippen LogP contribution < -0.4 is 10.6 Å². The van der Waals surface area contributed by atoms with E-state index in [4.69, 9.17) is 0 Å². The molecule has 108 valence electrons. The summed E-state index contributed by atoms with van der Waals surface area (Å²) in [6.07, 6.45) is 1.63. The topological polar surface area (TPSA) is 78.4 Å². The number of halogens is 1. The third-order valence-corrected chi connectivity index (χ3v) is 3.86. The highest BCUT2D eigenvalue weighted by Crippen LogP contribution is 2.30. The Bertz CT molecular complexity index is 533. The smallest absolute Gasteiger partial charge is 0.230 e. The standard InChI is InChI=1S/C14H17BrN2O3/c1-8(18)16-11-6-5-9(15)7-12(11)17-14(20)10-3-2-4-13(10)19/h5-7,10,13,19H,2-4H2,1H3,(H,16,18)(H,17,20). The van der Waals surface area contributed by atoms with E-state index in [1.54, 1.807) is 18.2 Å². The molecule has 2 rings (SSSR count). The molecule has 2 unspecified atom stereocenters. The molecule has 1 fully saturated rings. The zero-order chi connectivity index (χ0) is 14.7. The van der Waals surface area contributed by atoms with Gasteiger partial charge in [0, 0.05) is 11.4 Å². The molecule has 1 aromatic rings. The van der Waals surface area contributed by atoms with E-state index in [1.165, 1.54) is 6.92 Å². The van der Waals surface area contributed by atoms with Crippen LogP contribution in [-0.2, 0) is 9.59 Å². The number of amides is 2. The van der Waals surface area contributed by atoms with Crippen molar-refractivity contribution >= 4 is 39.1 Å². The first-order chi connectivity index (χ1) is 9.47. The molecule has 0 saturated heterocycles. The lowest BCUT2D eigenvalue weighted by Crippen LogP contribution is -2.29. The Labute approximate surface area is 125 Å². The van der Waals surface area contributed by atoms with Crippen molar-refractivity contribution in [1.29, 1.82) is 0 Å². The van der Waals surface area contributed by atoms with E-state index in [9.17, 15) is 14.7 Å². The summed E-state index contributed by atoms with van der Waals surface area (Å²) < 4.78 is 0.800. The van der Waals surface area contributed by atoms with Crippen LogP contribution in [0.15, 0.2) is 22.7 Å². The molecule has 1 aromatic carbocycles. The maximum absolute atomic E-state index is 12.2. The van der Waals surface area contributed by atoms with E-state index in [0.717, 1.165) is 10.9 Å². The second-order valence-corrected chi connectivity index (χ2v) is 5.88. The summed E-state index contributed by atoms with van der Waals surface area (Å²) in [6, 6.07) is 5.22. The zero-order valence-corrected chi connectivity index (χ0v) is 12.7. The molecule has 0 spiro atoms. The van der Waals surface area contributed by atoms with Crippen LogP contribution in [0.25, 0.3) is 0 Å². The van der Waals surface area contributed by atoms with Crippen molar-refractivity contribution in [3.8, 4) is 0 Å². The lowest BCUT2D eigenvalue weighted by atomic mass is 10.1. The van der Waals surface area contributed by atoms with E-state index in [0.29, 0.717) is 24.2 Å². The van der Waals surface area contributed by atoms with Gasteiger partial charge in [-0.15, -0.1) is 0 Å². The minimum absolute atomic E-state index is 0.205. The number of aliphatic hydroxyl groups is 1. The molecule has 5 nitrogen and oxygen atoms in total. The molecule has 3 N–H and O–H groups in total. The molecule has 0 radical (unpaired) electrons. The van der Waals surface area contributed by atoms with Crippen LogP contribution in [0.2, 0.25) is 0 Å². The molecule has 1 aliphatic carbocycles. The monoisotopic (exact) mass is 340 g/mol. The number of hydrogen-bond donors (Lipinski definition) is 3. The van der Waals surface area contributed by atoms with E-state index < -0.39 is 6.10 Å². The third kappa shape index (κ3) is 3.58. The fourth-order valence-corrected chi connectivity index (χ4v) is 2.75. The number of carbonyl (C=O) groups excluding carboxylic acids is 2. The first-order valence-corrected chi connectivity index (χ1v) is 7.32. The Morgan fingerprint density at radius 3 is 2.60 bits per heavy atom. The van der Waals surface area contributed by atoms with Crippen molar-refractivity contribution in [1.82, 2.24) is 0 Å². The van der Waals surface area contributed by atoms with Gasteiger partial charge in [0.2, 0.25) is 11.8 Å². The Morgan fingerprint density at radius 2 is 2.00 bits per heavy atom. The Morgan fingerprint density at radius 1 is 1.25 bits per heavy atom. The fraction of sp³-hybridized carbons (Fsp3) is 0.429. The van der Waals surface area contributed by atoms with Crippen molar-refractivity contribution in [2.75, 3.05) is 10.6 Å². The largest absolute Gasteiger partial charge is 0.392 e. The van der Waals surface area contributed by atoms with Crippen LogP contribution in [0.1, 0.15) is 26.2 Å². The van der Waals surface area contributed by atoms with Crippen LogP contribution in [0.5, 0.6) is 0 Å². The minimum Gasteiger partial charge on any atom is -0.392 e. The minimum atomic E-state index is -0.577. The third-order valence-electron chi connectivity index (χ3n) is 3.37. The first-order valence-electron chi connectivity index (χ1n) is 6.53. The summed E-state index contributed by atoms with van der Waals surface area (Å²) in [4.78, 5) is 23.3. The van der Waals surface area contributed by atoms with Gasteiger partial charge in [-0.1, -0.05) is 15.9 Å². The lowest BCUT2D eigenvalue weighted by Gasteiger charge is -2.17. The molecule has 2 atom stereocenters. The second-order valence-electron chi connectivity index (χ2n) is 4.97. The van der Waals surface area contributed by atoms with E-state index in [1.807, 2.05) is 0 Å².